The molecule has 0 radical (unpaired) electrons. The second kappa shape index (κ2) is 10.6. The van der Waals surface area contributed by atoms with E-state index >= 15 is 4.39 Å². The average molecular weight is 607 g/mol. The first-order valence-electron chi connectivity index (χ1n) is 10.2. The number of hydrogen-bond acceptors (Lipinski definition) is 9. The van der Waals surface area contributed by atoms with Crippen molar-refractivity contribution in [3.63, 3.8) is 0 Å². The van der Waals surface area contributed by atoms with Gasteiger partial charge in [-0.3, -0.25) is 0 Å². The summed E-state index contributed by atoms with van der Waals surface area (Å²) in [5, 5.41) is 0.431. The number of alkyl halides is 3. The molecule has 0 saturated heterocycles. The summed E-state index contributed by atoms with van der Waals surface area (Å²) in [6, 6.07) is 7.30. The van der Waals surface area contributed by atoms with Crippen LogP contribution in [-0.4, -0.2) is 30.5 Å². The fourth-order valence-electron chi connectivity index (χ4n) is 3.07. The Kier molecular flexibility index (Phi) is 7.63. The van der Waals surface area contributed by atoms with Crippen molar-refractivity contribution in [1.29, 1.82) is 0 Å². The van der Waals surface area contributed by atoms with Gasteiger partial charge in [-0.25, -0.2) is 23.5 Å². The highest BCUT2D eigenvalue weighted by molar-refractivity contribution is 7.92. The molecule has 39 heavy (non-hydrogen) atoms. The first kappa shape index (κ1) is 28.0. The SMILES string of the molecule is Nc1cc(-c2cc(F)ccc2Oc2cc(F)c(S(=O)(=O)N(OC(=O)C(F)(F)F)c3cscn3)cc2Cl)ccn1. The fourth-order valence-corrected chi connectivity index (χ4v) is 5.17. The normalized spacial score (nSPS) is 11.7. The number of anilines is 2. The van der Waals surface area contributed by atoms with Crippen molar-refractivity contribution >= 4 is 50.6 Å². The number of ether oxygens (including phenoxy) is 1. The van der Waals surface area contributed by atoms with Gasteiger partial charge in [0.1, 0.15) is 33.8 Å². The Balaban J connectivity index is 1.74. The highest BCUT2D eigenvalue weighted by Crippen LogP contribution is 2.39. The second-order valence-electron chi connectivity index (χ2n) is 7.38. The van der Waals surface area contributed by atoms with Crippen molar-refractivity contribution in [3.8, 4) is 22.6 Å². The topological polar surface area (TPSA) is 125 Å². The van der Waals surface area contributed by atoms with Crippen molar-refractivity contribution in [3.05, 3.63) is 76.2 Å². The molecule has 0 fully saturated rings. The van der Waals surface area contributed by atoms with Gasteiger partial charge in [-0.2, -0.15) is 21.6 Å². The Hall–Kier alpha value is -4.02. The van der Waals surface area contributed by atoms with E-state index in [1.807, 2.05) is 0 Å². The Morgan fingerprint density at radius 2 is 1.79 bits per heavy atom. The number of halogens is 6. The largest absolute Gasteiger partial charge is 0.493 e. The Morgan fingerprint density at radius 1 is 1.05 bits per heavy atom. The molecular weight excluding hydrogens is 595 g/mol. The molecule has 0 spiro atoms. The number of carbonyl (C=O) groups is 1. The number of rotatable bonds is 7. The summed E-state index contributed by atoms with van der Waals surface area (Å²) in [6.45, 7) is 0. The van der Waals surface area contributed by atoms with Gasteiger partial charge in [0.15, 0.2) is 5.82 Å². The number of aromatic nitrogens is 2. The summed E-state index contributed by atoms with van der Waals surface area (Å²) >= 11 is 6.90. The zero-order valence-corrected chi connectivity index (χ0v) is 21.2. The molecule has 2 N–H and O–H groups in total. The van der Waals surface area contributed by atoms with Gasteiger partial charge in [0, 0.05) is 23.2 Å². The third kappa shape index (κ3) is 6.02. The van der Waals surface area contributed by atoms with E-state index in [1.165, 1.54) is 24.4 Å². The molecule has 0 aliphatic heterocycles. The summed E-state index contributed by atoms with van der Waals surface area (Å²) < 4.78 is 98.8. The molecule has 0 aliphatic carbocycles. The van der Waals surface area contributed by atoms with Crippen molar-refractivity contribution in [2.24, 2.45) is 0 Å². The van der Waals surface area contributed by atoms with Crippen LogP contribution in [0.2, 0.25) is 5.02 Å². The van der Waals surface area contributed by atoms with Crippen LogP contribution in [0.3, 0.4) is 0 Å². The molecule has 2 heterocycles. The first-order chi connectivity index (χ1) is 18.3. The Morgan fingerprint density at radius 3 is 2.44 bits per heavy atom. The lowest BCUT2D eigenvalue weighted by Crippen LogP contribution is -2.39. The zero-order valence-electron chi connectivity index (χ0n) is 18.8. The van der Waals surface area contributed by atoms with E-state index in [9.17, 15) is 30.8 Å². The number of benzene rings is 2. The van der Waals surface area contributed by atoms with E-state index < -0.39 is 59.8 Å². The van der Waals surface area contributed by atoms with Gasteiger partial charge in [-0.1, -0.05) is 16.1 Å². The van der Waals surface area contributed by atoms with E-state index in [0.29, 0.717) is 17.7 Å². The van der Waals surface area contributed by atoms with Crippen LogP contribution < -0.4 is 14.9 Å². The molecule has 9 nitrogen and oxygen atoms in total. The lowest BCUT2D eigenvalue weighted by atomic mass is 10.1. The van der Waals surface area contributed by atoms with Crippen LogP contribution in [0.4, 0.5) is 33.6 Å². The number of nitrogens with zero attached hydrogens (tertiary/aromatic N) is 3. The zero-order chi connectivity index (χ0) is 28.5. The van der Waals surface area contributed by atoms with Crippen molar-refractivity contribution in [2.75, 3.05) is 10.2 Å². The molecule has 0 amide bonds. The maximum absolute atomic E-state index is 15.1. The van der Waals surface area contributed by atoms with E-state index in [-0.39, 0.29) is 17.1 Å². The highest BCUT2D eigenvalue weighted by atomic mass is 35.5. The molecule has 2 aromatic carbocycles. The molecule has 0 unspecified atom stereocenters. The number of nitrogen functional groups attached to an aromatic ring is 1. The summed E-state index contributed by atoms with van der Waals surface area (Å²) in [7, 11) is -5.33. The number of sulfonamides is 1. The fraction of sp³-hybridized carbons (Fsp3) is 0.0455. The predicted octanol–water partition coefficient (Wildman–Crippen LogP) is 5.73. The van der Waals surface area contributed by atoms with Crippen molar-refractivity contribution in [2.45, 2.75) is 11.1 Å². The standard InChI is InChI=1S/C22H12ClF5N4O5S2/c23-14-7-18(39(34,35)32(20-9-38-10-31-20)37-21(33)22(26,27)28)15(25)8-17(14)36-16-2-1-12(24)6-13(16)11-3-4-30-19(29)5-11/h1-10H,(H2,29,30). The van der Waals surface area contributed by atoms with E-state index in [4.69, 9.17) is 22.1 Å². The van der Waals surface area contributed by atoms with Gasteiger partial charge in [0.2, 0.25) is 0 Å². The van der Waals surface area contributed by atoms with Crippen LogP contribution in [-0.2, 0) is 19.7 Å². The molecule has 0 bridgehead atoms. The summed E-state index contributed by atoms with van der Waals surface area (Å²) in [5.74, 6) is -6.20. The molecule has 0 aliphatic rings. The quantitative estimate of drug-likeness (QED) is 0.209. The minimum Gasteiger partial charge on any atom is -0.455 e. The van der Waals surface area contributed by atoms with Crippen LogP contribution in [0, 0.1) is 11.6 Å². The third-order valence-corrected chi connectivity index (χ3v) is 7.18. The number of nitrogens with two attached hydrogens (primary N) is 1. The van der Waals surface area contributed by atoms with Gasteiger partial charge in [0.25, 0.3) is 10.0 Å². The Labute approximate surface area is 225 Å². The molecular formula is C22H12ClF5N4O5S2. The van der Waals surface area contributed by atoms with Gasteiger partial charge >= 0.3 is 12.1 Å². The summed E-state index contributed by atoms with van der Waals surface area (Å²) in [6.07, 6.45) is -4.23. The number of thiazole rings is 1. The second-order valence-corrected chi connectivity index (χ2v) is 10.2. The molecule has 4 aromatic rings. The lowest BCUT2D eigenvalue weighted by molar-refractivity contribution is -0.199. The molecule has 17 heteroatoms. The maximum atomic E-state index is 15.1. The van der Waals surface area contributed by atoms with Gasteiger partial charge < -0.3 is 15.3 Å². The predicted molar refractivity (Wildman–Crippen MR) is 129 cm³/mol. The van der Waals surface area contributed by atoms with Crippen LogP contribution >= 0.6 is 22.9 Å². The smallest absolute Gasteiger partial charge is 0.455 e. The van der Waals surface area contributed by atoms with E-state index in [0.717, 1.165) is 34.4 Å². The van der Waals surface area contributed by atoms with Crippen LogP contribution in [0.1, 0.15) is 0 Å². The average Bonchev–Trinajstić information content (AvgIpc) is 3.39. The van der Waals surface area contributed by atoms with E-state index in [2.05, 4.69) is 14.8 Å². The minimum absolute atomic E-state index is 0.0397. The number of pyridine rings is 1. The van der Waals surface area contributed by atoms with Crippen molar-refractivity contribution in [1.82, 2.24) is 9.97 Å². The molecule has 204 valence electrons. The summed E-state index contributed by atoms with van der Waals surface area (Å²) in [5.41, 5.74) is 7.25. The molecule has 4 rings (SSSR count). The number of hydrogen-bond donors (Lipinski definition) is 1. The molecule has 0 saturated carbocycles. The number of carbonyl (C=O) groups excluding carboxylic acids is 1. The third-order valence-electron chi connectivity index (χ3n) is 4.74. The van der Waals surface area contributed by atoms with Crippen LogP contribution in [0.25, 0.3) is 11.1 Å². The molecule has 0 atom stereocenters. The Bertz CT molecular complexity index is 1650. The summed E-state index contributed by atoms with van der Waals surface area (Å²) in [4.78, 5) is 21.5. The van der Waals surface area contributed by atoms with Gasteiger partial charge in [-0.05, 0) is 42.0 Å². The van der Waals surface area contributed by atoms with Crippen LogP contribution in [0.15, 0.2) is 64.4 Å². The first-order valence-corrected chi connectivity index (χ1v) is 12.9. The maximum Gasteiger partial charge on any atom is 0.493 e. The van der Waals surface area contributed by atoms with Gasteiger partial charge in [0.05, 0.1) is 10.5 Å². The molecule has 2 aromatic heterocycles. The van der Waals surface area contributed by atoms with Crippen molar-refractivity contribution < 1.29 is 44.7 Å². The monoisotopic (exact) mass is 606 g/mol. The minimum atomic E-state index is -5.58. The van der Waals surface area contributed by atoms with Gasteiger partial charge in [-0.15, -0.1) is 11.3 Å². The lowest BCUT2D eigenvalue weighted by Gasteiger charge is -2.21. The highest BCUT2D eigenvalue weighted by Gasteiger charge is 2.45. The van der Waals surface area contributed by atoms with E-state index in [1.54, 1.807) is 0 Å². The van der Waals surface area contributed by atoms with Crippen LogP contribution in [0.5, 0.6) is 11.5 Å².